The minimum Gasteiger partial charge on any atom is -0.326 e. The summed E-state index contributed by atoms with van der Waals surface area (Å²) in [5.41, 5.74) is 6.59. The van der Waals surface area contributed by atoms with Gasteiger partial charge in [-0.2, -0.15) is 0 Å². The predicted octanol–water partition coefficient (Wildman–Crippen LogP) is 6.22. The molecule has 0 atom stereocenters. The third kappa shape index (κ3) is 2.61. The third-order valence-corrected chi connectivity index (χ3v) is 5.08. The maximum atomic E-state index is 13.8. The Morgan fingerprint density at radius 3 is 1.85 bits per heavy atom. The van der Waals surface area contributed by atoms with Crippen LogP contribution >= 0.6 is 58.0 Å². The van der Waals surface area contributed by atoms with E-state index in [9.17, 15) is 4.39 Å². The number of halogens is 6. The fraction of sp³-hybridized carbons (Fsp3) is 0.0769. The molecule has 2 aromatic rings. The first-order chi connectivity index (χ1) is 9.40. The molecule has 0 heterocycles. The second-order valence-electron chi connectivity index (χ2n) is 3.91. The van der Waals surface area contributed by atoms with Gasteiger partial charge in [-0.3, -0.25) is 0 Å². The predicted molar refractivity (Wildman–Crippen MR) is 84.8 cm³/mol. The minimum atomic E-state index is -0.459. The van der Waals surface area contributed by atoms with E-state index >= 15 is 0 Å². The molecule has 2 N–H and O–H groups in total. The third-order valence-electron chi connectivity index (χ3n) is 2.80. The van der Waals surface area contributed by atoms with Crippen LogP contribution in [0, 0.1) is 5.82 Å². The molecule has 0 aliphatic heterocycles. The lowest BCUT2D eigenvalue weighted by atomic mass is 9.99. The van der Waals surface area contributed by atoms with Crippen LogP contribution in [0.15, 0.2) is 18.2 Å². The van der Waals surface area contributed by atoms with Crippen LogP contribution in [0.1, 0.15) is 5.56 Å². The van der Waals surface area contributed by atoms with Crippen molar-refractivity contribution in [3.8, 4) is 11.1 Å². The van der Waals surface area contributed by atoms with Crippen molar-refractivity contribution in [3.05, 3.63) is 54.7 Å². The Bertz CT molecular complexity index is 658. The average molecular weight is 373 g/mol. The number of hydrogen-bond donors (Lipinski definition) is 1. The topological polar surface area (TPSA) is 26.0 Å². The van der Waals surface area contributed by atoms with Crippen LogP contribution in [-0.4, -0.2) is 0 Å². The molecule has 0 unspecified atom stereocenters. The van der Waals surface area contributed by atoms with E-state index < -0.39 is 5.82 Å². The van der Waals surface area contributed by atoms with E-state index in [4.69, 9.17) is 63.7 Å². The van der Waals surface area contributed by atoms with Crippen LogP contribution in [-0.2, 0) is 6.54 Å². The molecule has 0 spiro atoms. The van der Waals surface area contributed by atoms with Crippen molar-refractivity contribution in [1.29, 1.82) is 0 Å². The van der Waals surface area contributed by atoms with Gasteiger partial charge in [0.2, 0.25) is 0 Å². The molecule has 0 saturated carbocycles. The van der Waals surface area contributed by atoms with Gasteiger partial charge >= 0.3 is 0 Å². The zero-order valence-electron chi connectivity index (χ0n) is 9.78. The molecule has 0 amide bonds. The van der Waals surface area contributed by atoms with Gasteiger partial charge in [0.1, 0.15) is 5.82 Å². The van der Waals surface area contributed by atoms with E-state index in [1.807, 2.05) is 0 Å². The fourth-order valence-corrected chi connectivity index (χ4v) is 3.18. The largest absolute Gasteiger partial charge is 0.326 e. The van der Waals surface area contributed by atoms with Gasteiger partial charge in [0.05, 0.1) is 25.1 Å². The minimum absolute atomic E-state index is 0.0213. The summed E-state index contributed by atoms with van der Waals surface area (Å²) < 4.78 is 13.8. The Labute approximate surface area is 140 Å². The second-order valence-corrected chi connectivity index (χ2v) is 5.80. The highest BCUT2D eigenvalue weighted by Gasteiger charge is 2.22. The Morgan fingerprint density at radius 1 is 0.850 bits per heavy atom. The van der Waals surface area contributed by atoms with Gasteiger partial charge in [0, 0.05) is 17.7 Å². The first kappa shape index (κ1) is 16.2. The molecule has 0 radical (unpaired) electrons. The highest BCUT2D eigenvalue weighted by atomic mass is 35.5. The lowest BCUT2D eigenvalue weighted by molar-refractivity contribution is 0.611. The van der Waals surface area contributed by atoms with Crippen molar-refractivity contribution >= 4 is 58.0 Å². The standard InChI is InChI=1S/C13H7Cl5FN/c14-9-8(10(15)12(17)13(18)11(9)16)5-2-1-3-7(19)6(5)4-20/h1-3H,4,20H2. The zero-order chi connectivity index (χ0) is 15.0. The van der Waals surface area contributed by atoms with Gasteiger partial charge in [0.25, 0.3) is 0 Å². The molecular weight excluding hydrogens is 366 g/mol. The summed E-state index contributed by atoms with van der Waals surface area (Å²) in [5, 5.41) is 0.380. The van der Waals surface area contributed by atoms with Gasteiger partial charge in [-0.25, -0.2) is 4.39 Å². The number of rotatable bonds is 2. The lowest BCUT2D eigenvalue weighted by Crippen LogP contribution is -2.03. The van der Waals surface area contributed by atoms with Crippen molar-refractivity contribution in [1.82, 2.24) is 0 Å². The van der Waals surface area contributed by atoms with Gasteiger partial charge in [-0.05, 0) is 11.6 Å². The van der Waals surface area contributed by atoms with Crippen LogP contribution < -0.4 is 5.73 Å². The Kier molecular flexibility index (Phi) is 5.06. The Balaban J connectivity index is 2.87. The van der Waals surface area contributed by atoms with Crippen LogP contribution in [0.4, 0.5) is 4.39 Å². The zero-order valence-corrected chi connectivity index (χ0v) is 13.6. The van der Waals surface area contributed by atoms with E-state index in [1.165, 1.54) is 12.1 Å². The van der Waals surface area contributed by atoms with Gasteiger partial charge < -0.3 is 5.73 Å². The van der Waals surface area contributed by atoms with Crippen molar-refractivity contribution in [2.24, 2.45) is 5.73 Å². The molecule has 2 aromatic carbocycles. The number of hydrogen-bond acceptors (Lipinski definition) is 1. The van der Waals surface area contributed by atoms with Crippen LogP contribution in [0.25, 0.3) is 11.1 Å². The van der Waals surface area contributed by atoms with E-state index in [2.05, 4.69) is 0 Å². The number of benzene rings is 2. The molecular formula is C13H7Cl5FN. The lowest BCUT2D eigenvalue weighted by Gasteiger charge is -2.15. The number of nitrogens with two attached hydrogens (primary N) is 1. The molecule has 0 aliphatic rings. The van der Waals surface area contributed by atoms with Crippen LogP contribution in [0.5, 0.6) is 0 Å². The molecule has 0 saturated heterocycles. The molecule has 0 aliphatic carbocycles. The summed E-state index contributed by atoms with van der Waals surface area (Å²) in [6.45, 7) is -0.0213. The summed E-state index contributed by atoms with van der Waals surface area (Å²) in [6.07, 6.45) is 0. The van der Waals surface area contributed by atoms with Gasteiger partial charge in [-0.1, -0.05) is 70.1 Å². The normalized spacial score (nSPS) is 10.9. The molecule has 0 fully saturated rings. The fourth-order valence-electron chi connectivity index (χ4n) is 1.84. The van der Waals surface area contributed by atoms with Crippen LogP contribution in [0.2, 0.25) is 25.1 Å². The summed E-state index contributed by atoms with van der Waals surface area (Å²) in [7, 11) is 0. The SMILES string of the molecule is NCc1c(F)cccc1-c1c(Cl)c(Cl)c(Cl)c(Cl)c1Cl. The van der Waals surface area contributed by atoms with Crippen molar-refractivity contribution in [2.45, 2.75) is 6.54 Å². The maximum absolute atomic E-state index is 13.8. The van der Waals surface area contributed by atoms with Crippen molar-refractivity contribution in [3.63, 3.8) is 0 Å². The summed E-state index contributed by atoms with van der Waals surface area (Å²) in [4.78, 5) is 0. The Hall–Kier alpha value is -0.220. The molecule has 20 heavy (non-hydrogen) atoms. The molecule has 1 nitrogen and oxygen atoms in total. The Morgan fingerprint density at radius 2 is 1.35 bits per heavy atom. The molecule has 7 heteroatoms. The molecule has 0 aromatic heterocycles. The van der Waals surface area contributed by atoms with E-state index in [0.29, 0.717) is 11.1 Å². The van der Waals surface area contributed by atoms with Gasteiger partial charge in [-0.15, -0.1) is 0 Å². The average Bonchev–Trinajstić information content (AvgIpc) is 2.43. The molecule has 106 valence electrons. The van der Waals surface area contributed by atoms with E-state index in [-0.39, 0.29) is 37.2 Å². The summed E-state index contributed by atoms with van der Waals surface area (Å²) in [5.74, 6) is -0.459. The first-order valence-electron chi connectivity index (χ1n) is 5.39. The van der Waals surface area contributed by atoms with Crippen LogP contribution in [0.3, 0.4) is 0 Å². The maximum Gasteiger partial charge on any atom is 0.128 e. The smallest absolute Gasteiger partial charge is 0.128 e. The molecule has 2 rings (SSSR count). The van der Waals surface area contributed by atoms with Crippen molar-refractivity contribution in [2.75, 3.05) is 0 Å². The van der Waals surface area contributed by atoms with E-state index in [1.54, 1.807) is 6.07 Å². The van der Waals surface area contributed by atoms with Gasteiger partial charge in [0.15, 0.2) is 0 Å². The monoisotopic (exact) mass is 371 g/mol. The summed E-state index contributed by atoms with van der Waals surface area (Å²) >= 11 is 30.3. The molecule has 0 bridgehead atoms. The second kappa shape index (κ2) is 6.27. The van der Waals surface area contributed by atoms with E-state index in [0.717, 1.165) is 0 Å². The summed E-state index contributed by atoms with van der Waals surface area (Å²) in [6, 6.07) is 4.46. The highest BCUT2D eigenvalue weighted by Crippen LogP contribution is 2.48. The quantitative estimate of drug-likeness (QED) is 0.491. The first-order valence-corrected chi connectivity index (χ1v) is 7.28. The van der Waals surface area contributed by atoms with Crippen molar-refractivity contribution < 1.29 is 4.39 Å². The highest BCUT2D eigenvalue weighted by molar-refractivity contribution is 6.56.